The fourth-order valence-corrected chi connectivity index (χ4v) is 8.98. The summed E-state index contributed by atoms with van der Waals surface area (Å²) in [5, 5.41) is 34.8. The van der Waals surface area contributed by atoms with E-state index in [0.29, 0.717) is 48.3 Å². The standard InChI is InChI=1S/C26H43NO5.Na/c1-15(4-9-23(30)27-14-24(31)32)19-7-8-20-18-6-5-16-12-17(28)10-11-25(16,2)21(18)13-22(29)26(19,20)3;/h15-22,28-29H,4-14H2,1-3H3,(H,27,30)(H,31,32);/q;+1/p-1/t15-,16?,17?,18+,19-,20+,21+,22?,25+,26-;/m1./s1. The van der Waals surface area contributed by atoms with E-state index in [0.717, 1.165) is 38.5 Å². The zero-order chi connectivity index (χ0) is 23.3. The molecule has 4 aliphatic carbocycles. The molecule has 0 radical (unpaired) electrons. The number of amides is 1. The Morgan fingerprint density at radius 1 is 1.06 bits per heavy atom. The number of carbonyl (C=O) groups excluding carboxylic acids is 2. The fraction of sp³-hybridized carbons (Fsp3) is 0.923. The number of rotatable bonds is 6. The summed E-state index contributed by atoms with van der Waals surface area (Å²) in [5.41, 5.74) is 0.130. The molecule has 4 aliphatic rings. The molecule has 4 rings (SSSR count). The predicted octanol–water partition coefficient (Wildman–Crippen LogP) is -0.737. The summed E-state index contributed by atoms with van der Waals surface area (Å²) < 4.78 is 0. The van der Waals surface area contributed by atoms with Gasteiger partial charge < -0.3 is 25.4 Å². The third-order valence-electron chi connectivity index (χ3n) is 10.8. The molecule has 33 heavy (non-hydrogen) atoms. The predicted molar refractivity (Wildman–Crippen MR) is 119 cm³/mol. The van der Waals surface area contributed by atoms with Gasteiger partial charge in [-0.1, -0.05) is 20.8 Å². The van der Waals surface area contributed by atoms with Crippen LogP contribution in [0.2, 0.25) is 0 Å². The van der Waals surface area contributed by atoms with Crippen molar-refractivity contribution in [1.29, 1.82) is 0 Å². The summed E-state index contributed by atoms with van der Waals surface area (Å²) >= 11 is 0. The molecule has 0 heterocycles. The second-order valence-electron chi connectivity index (χ2n) is 12.1. The fourth-order valence-electron chi connectivity index (χ4n) is 8.98. The maximum Gasteiger partial charge on any atom is 1.00 e. The minimum absolute atomic E-state index is 0. The minimum Gasteiger partial charge on any atom is -0.548 e. The number of aliphatic carboxylic acids is 1. The van der Waals surface area contributed by atoms with Gasteiger partial charge in [0.2, 0.25) is 5.91 Å². The molecule has 1 amide bonds. The monoisotopic (exact) mass is 471 g/mol. The molecule has 3 unspecified atom stereocenters. The number of carboxylic acid groups (broad SMARTS) is 1. The minimum atomic E-state index is -1.27. The number of hydrogen-bond donors (Lipinski definition) is 3. The number of hydrogen-bond acceptors (Lipinski definition) is 5. The van der Waals surface area contributed by atoms with E-state index in [1.165, 1.54) is 12.8 Å². The first kappa shape index (κ1) is 27.4. The van der Waals surface area contributed by atoms with Crippen molar-refractivity contribution < 1.29 is 54.5 Å². The van der Waals surface area contributed by atoms with Crippen LogP contribution in [0.4, 0.5) is 0 Å². The van der Waals surface area contributed by atoms with Crippen molar-refractivity contribution in [3.05, 3.63) is 0 Å². The Morgan fingerprint density at radius 2 is 1.79 bits per heavy atom. The molecule has 0 spiro atoms. The Balaban J connectivity index is 0.00000306. The SMILES string of the molecule is C[C@H](CCC(=O)NCC(=O)[O-])[C@H]1CC[C@H]2[C@@H]3CCC4CC(O)CC[C@]4(C)[C@H]3CC(O)[C@]12C.[Na+]. The number of nitrogens with one attached hydrogen (secondary N) is 1. The normalized spacial score (nSPS) is 45.1. The van der Waals surface area contributed by atoms with Gasteiger partial charge in [0, 0.05) is 6.42 Å². The van der Waals surface area contributed by atoms with E-state index in [-0.39, 0.29) is 58.5 Å². The second kappa shape index (κ2) is 10.5. The number of carboxylic acids is 1. The van der Waals surface area contributed by atoms with Gasteiger partial charge >= 0.3 is 29.6 Å². The van der Waals surface area contributed by atoms with Gasteiger partial charge in [-0.25, -0.2) is 0 Å². The number of fused-ring (bicyclic) bond motifs is 5. The van der Waals surface area contributed by atoms with Crippen LogP contribution in [0.1, 0.15) is 85.0 Å². The maximum atomic E-state index is 12.0. The quantitative estimate of drug-likeness (QED) is 0.442. The summed E-state index contributed by atoms with van der Waals surface area (Å²) in [6.45, 7) is 6.51. The van der Waals surface area contributed by atoms with Crippen LogP contribution in [0, 0.1) is 46.3 Å². The van der Waals surface area contributed by atoms with Crippen molar-refractivity contribution in [2.24, 2.45) is 46.3 Å². The van der Waals surface area contributed by atoms with E-state index >= 15 is 0 Å². The van der Waals surface area contributed by atoms with Gasteiger partial charge in [0.15, 0.2) is 0 Å². The van der Waals surface area contributed by atoms with Crippen molar-refractivity contribution in [2.45, 2.75) is 97.2 Å². The molecule has 10 atom stereocenters. The summed E-state index contributed by atoms with van der Waals surface area (Å²) in [7, 11) is 0. The molecule has 7 heteroatoms. The Morgan fingerprint density at radius 3 is 2.48 bits per heavy atom. The third-order valence-corrected chi connectivity index (χ3v) is 10.8. The van der Waals surface area contributed by atoms with Crippen LogP contribution in [-0.2, 0) is 9.59 Å². The Kier molecular flexibility index (Phi) is 8.70. The van der Waals surface area contributed by atoms with Crippen LogP contribution in [0.3, 0.4) is 0 Å². The van der Waals surface area contributed by atoms with E-state index in [2.05, 4.69) is 26.1 Å². The maximum absolute atomic E-state index is 12.0. The van der Waals surface area contributed by atoms with Gasteiger partial charge in [-0.05, 0) is 104 Å². The summed E-state index contributed by atoms with van der Waals surface area (Å²) in [6, 6.07) is 0. The van der Waals surface area contributed by atoms with Crippen LogP contribution in [-0.4, -0.2) is 40.8 Å². The first-order valence-corrected chi connectivity index (χ1v) is 12.9. The van der Waals surface area contributed by atoms with Gasteiger partial charge in [0.1, 0.15) is 0 Å². The topological polar surface area (TPSA) is 110 Å². The van der Waals surface area contributed by atoms with Crippen LogP contribution >= 0.6 is 0 Å². The van der Waals surface area contributed by atoms with Crippen molar-refractivity contribution >= 4 is 11.9 Å². The van der Waals surface area contributed by atoms with E-state index in [4.69, 9.17) is 0 Å². The average molecular weight is 472 g/mol. The van der Waals surface area contributed by atoms with Gasteiger partial charge in [0.05, 0.1) is 24.7 Å². The Hall–Kier alpha value is -0.140. The van der Waals surface area contributed by atoms with Gasteiger partial charge in [0.25, 0.3) is 0 Å². The van der Waals surface area contributed by atoms with E-state index < -0.39 is 12.5 Å². The van der Waals surface area contributed by atoms with E-state index in [1.54, 1.807) is 0 Å². The van der Waals surface area contributed by atoms with Crippen LogP contribution in [0.15, 0.2) is 0 Å². The number of aliphatic hydroxyl groups is 2. The molecule has 3 N–H and O–H groups in total. The van der Waals surface area contributed by atoms with E-state index in [9.17, 15) is 24.9 Å². The number of aliphatic hydroxyl groups excluding tert-OH is 2. The van der Waals surface area contributed by atoms with Crippen molar-refractivity contribution in [1.82, 2.24) is 5.32 Å². The molecule has 0 aromatic rings. The van der Waals surface area contributed by atoms with Crippen LogP contribution in [0.5, 0.6) is 0 Å². The van der Waals surface area contributed by atoms with Gasteiger partial charge in [-0.3, -0.25) is 4.79 Å². The van der Waals surface area contributed by atoms with Crippen LogP contribution in [0.25, 0.3) is 0 Å². The average Bonchev–Trinajstić information content (AvgIpc) is 3.10. The molecule has 4 saturated carbocycles. The first-order chi connectivity index (χ1) is 15.1. The molecule has 182 valence electrons. The molecule has 0 saturated heterocycles. The molecular formula is C26H42NNaO5. The molecule has 6 nitrogen and oxygen atoms in total. The molecule has 0 aromatic carbocycles. The summed E-state index contributed by atoms with van der Waals surface area (Å²) in [6.07, 6.45) is 9.01. The van der Waals surface area contributed by atoms with Crippen molar-refractivity contribution in [2.75, 3.05) is 6.54 Å². The summed E-state index contributed by atoms with van der Waals surface area (Å²) in [4.78, 5) is 22.6. The Labute approximate surface area is 221 Å². The molecular weight excluding hydrogens is 429 g/mol. The molecule has 0 aliphatic heterocycles. The van der Waals surface area contributed by atoms with Gasteiger partial charge in [-0.2, -0.15) is 0 Å². The van der Waals surface area contributed by atoms with Crippen LogP contribution < -0.4 is 40.0 Å². The van der Waals surface area contributed by atoms with Crippen molar-refractivity contribution in [3.63, 3.8) is 0 Å². The van der Waals surface area contributed by atoms with Gasteiger partial charge in [-0.15, -0.1) is 0 Å². The zero-order valence-corrected chi connectivity index (χ0v) is 23.0. The zero-order valence-electron chi connectivity index (χ0n) is 21.0. The largest absolute Gasteiger partial charge is 1.00 e. The smallest absolute Gasteiger partial charge is 0.548 e. The second-order valence-corrected chi connectivity index (χ2v) is 12.1. The third kappa shape index (κ3) is 4.94. The first-order valence-electron chi connectivity index (χ1n) is 12.9. The summed E-state index contributed by atoms with van der Waals surface area (Å²) in [5.74, 6) is 1.50. The molecule has 0 bridgehead atoms. The molecule has 4 fully saturated rings. The van der Waals surface area contributed by atoms with E-state index in [1.807, 2.05) is 0 Å². The number of carbonyl (C=O) groups is 2. The Bertz CT molecular complexity index is 733. The molecule has 0 aromatic heterocycles. The van der Waals surface area contributed by atoms with Crippen molar-refractivity contribution in [3.8, 4) is 0 Å².